The van der Waals surface area contributed by atoms with E-state index in [2.05, 4.69) is 5.10 Å². The lowest BCUT2D eigenvalue weighted by Crippen LogP contribution is -2.39. The van der Waals surface area contributed by atoms with Gasteiger partial charge in [0.1, 0.15) is 0 Å². The molecule has 0 bridgehead atoms. The Morgan fingerprint density at radius 3 is 2.70 bits per heavy atom. The molecule has 1 heterocycles. The Morgan fingerprint density at radius 1 is 1.40 bits per heavy atom. The summed E-state index contributed by atoms with van der Waals surface area (Å²) in [6.07, 6.45) is 2.00. The van der Waals surface area contributed by atoms with Crippen LogP contribution in [0.15, 0.2) is 34.3 Å². The Bertz CT molecular complexity index is 685. The van der Waals surface area contributed by atoms with Crippen molar-refractivity contribution in [1.29, 1.82) is 0 Å². The van der Waals surface area contributed by atoms with Crippen molar-refractivity contribution in [2.24, 2.45) is 5.10 Å². The monoisotopic (exact) mass is 298 g/mol. The highest BCUT2D eigenvalue weighted by Gasteiger charge is 2.29. The molecule has 2 amide bonds. The summed E-state index contributed by atoms with van der Waals surface area (Å²) in [4.78, 5) is 21.1. The normalized spacial score (nSPS) is 14.3. The van der Waals surface area contributed by atoms with E-state index in [1.165, 1.54) is 18.3 Å². The van der Waals surface area contributed by atoms with Crippen molar-refractivity contribution in [2.45, 2.75) is 11.3 Å². The molecule has 2 rings (SSSR count). The molecule has 0 aromatic heterocycles. The first-order valence-corrected chi connectivity index (χ1v) is 7.00. The molecule has 0 unspecified atom stereocenters. The van der Waals surface area contributed by atoms with Crippen molar-refractivity contribution in [1.82, 2.24) is 9.73 Å². The molecule has 0 fully saturated rings. The minimum Gasteiger partial charge on any atom is -0.258 e. The van der Waals surface area contributed by atoms with Crippen LogP contribution in [-0.4, -0.2) is 37.1 Å². The van der Waals surface area contributed by atoms with Gasteiger partial charge in [0.15, 0.2) is 4.90 Å². The fourth-order valence-electron chi connectivity index (χ4n) is 1.61. The molecule has 0 atom stereocenters. The van der Waals surface area contributed by atoms with Gasteiger partial charge in [-0.1, -0.05) is 12.1 Å². The molecule has 0 spiro atoms. The van der Waals surface area contributed by atoms with Gasteiger partial charge < -0.3 is 0 Å². The highest BCUT2D eigenvalue weighted by molar-refractivity contribution is 7.90. The third kappa shape index (κ3) is 2.74. The quantitative estimate of drug-likeness (QED) is 0.649. The molecule has 1 aliphatic heterocycles. The fraction of sp³-hybridized carbons (Fsp3) is 0.200. The van der Waals surface area contributed by atoms with Crippen LogP contribution in [0, 0.1) is 10.1 Å². The minimum atomic E-state index is -4.33. The fourth-order valence-corrected chi connectivity index (χ4v) is 2.73. The van der Waals surface area contributed by atoms with Crippen molar-refractivity contribution in [2.75, 3.05) is 6.54 Å². The van der Waals surface area contributed by atoms with E-state index in [9.17, 15) is 23.3 Å². The molecular formula is C10H10N4O5S. The molecule has 0 saturated heterocycles. The third-order valence-electron chi connectivity index (χ3n) is 2.50. The standard InChI is InChI=1S/C10H10N4O5S/c15-10(13-7-3-6-11-13)12-20(18,19)9-5-2-1-4-8(9)14(16)17/h1-2,4-6H,3,7H2,(H,12,15). The van der Waals surface area contributed by atoms with E-state index in [0.29, 0.717) is 6.42 Å². The van der Waals surface area contributed by atoms with Crippen molar-refractivity contribution in [3.8, 4) is 0 Å². The summed E-state index contributed by atoms with van der Waals surface area (Å²) in [6, 6.07) is 3.83. The van der Waals surface area contributed by atoms with Gasteiger partial charge in [-0.25, -0.2) is 22.9 Å². The Kier molecular flexibility index (Phi) is 3.66. The topological polar surface area (TPSA) is 122 Å². The molecule has 1 N–H and O–H groups in total. The number of benzene rings is 1. The molecule has 20 heavy (non-hydrogen) atoms. The second-order valence-corrected chi connectivity index (χ2v) is 5.50. The van der Waals surface area contributed by atoms with Crippen LogP contribution in [0.25, 0.3) is 0 Å². The average Bonchev–Trinajstić information content (AvgIpc) is 2.92. The number of carbonyl (C=O) groups excluding carboxylic acids is 1. The van der Waals surface area contributed by atoms with Gasteiger partial charge in [-0.3, -0.25) is 10.1 Å². The second-order valence-electron chi connectivity index (χ2n) is 3.85. The van der Waals surface area contributed by atoms with Crippen LogP contribution in [0.3, 0.4) is 0 Å². The van der Waals surface area contributed by atoms with E-state index < -0.39 is 31.6 Å². The number of nitrogens with zero attached hydrogens (tertiary/aromatic N) is 3. The van der Waals surface area contributed by atoms with Gasteiger partial charge in [0.2, 0.25) is 0 Å². The van der Waals surface area contributed by atoms with Gasteiger partial charge in [-0.05, 0) is 6.07 Å². The zero-order valence-corrected chi connectivity index (χ0v) is 10.9. The summed E-state index contributed by atoms with van der Waals surface area (Å²) in [6.45, 7) is 0.262. The van der Waals surface area contributed by atoms with Crippen LogP contribution in [0.1, 0.15) is 6.42 Å². The summed E-state index contributed by atoms with van der Waals surface area (Å²) in [5.41, 5.74) is -0.599. The van der Waals surface area contributed by atoms with Crippen molar-refractivity contribution < 1.29 is 18.1 Å². The SMILES string of the molecule is O=C(NS(=O)(=O)c1ccccc1[N+](=O)[O-])N1CCC=N1. The lowest BCUT2D eigenvalue weighted by Gasteiger charge is -2.13. The van der Waals surface area contributed by atoms with Crippen molar-refractivity contribution >= 4 is 28.0 Å². The zero-order chi connectivity index (χ0) is 14.8. The molecule has 106 valence electrons. The maximum Gasteiger partial charge on any atom is 0.351 e. The van der Waals surface area contributed by atoms with Gasteiger partial charge in [-0.15, -0.1) is 0 Å². The number of rotatable bonds is 3. The average molecular weight is 298 g/mol. The molecule has 9 nitrogen and oxygen atoms in total. The first-order valence-electron chi connectivity index (χ1n) is 5.52. The minimum absolute atomic E-state index is 0.262. The lowest BCUT2D eigenvalue weighted by molar-refractivity contribution is -0.387. The summed E-state index contributed by atoms with van der Waals surface area (Å²) < 4.78 is 25.8. The van der Waals surface area contributed by atoms with E-state index in [1.807, 2.05) is 0 Å². The molecule has 1 aromatic rings. The Hall–Kier alpha value is -2.49. The predicted molar refractivity (Wildman–Crippen MR) is 68.6 cm³/mol. The van der Waals surface area contributed by atoms with E-state index in [4.69, 9.17) is 0 Å². The largest absolute Gasteiger partial charge is 0.351 e. The molecule has 0 radical (unpaired) electrons. The number of hydrogen-bond donors (Lipinski definition) is 1. The van der Waals surface area contributed by atoms with Crippen LogP contribution in [-0.2, 0) is 10.0 Å². The van der Waals surface area contributed by atoms with Crippen molar-refractivity contribution in [3.63, 3.8) is 0 Å². The Labute approximate surface area is 114 Å². The molecule has 10 heteroatoms. The van der Waals surface area contributed by atoms with E-state index in [-0.39, 0.29) is 6.54 Å². The molecule has 0 aliphatic carbocycles. The molecule has 1 aliphatic rings. The maximum atomic E-state index is 12.0. The molecule has 1 aromatic carbocycles. The number of hydrogen-bond acceptors (Lipinski definition) is 6. The number of sulfonamides is 1. The van der Waals surface area contributed by atoms with Crippen LogP contribution in [0.2, 0.25) is 0 Å². The highest BCUT2D eigenvalue weighted by atomic mass is 32.2. The first kappa shape index (κ1) is 13.9. The highest BCUT2D eigenvalue weighted by Crippen LogP contribution is 2.22. The molecular weight excluding hydrogens is 288 g/mol. The Balaban J connectivity index is 2.29. The van der Waals surface area contributed by atoms with Crippen LogP contribution in [0.5, 0.6) is 0 Å². The number of nitro groups is 1. The van der Waals surface area contributed by atoms with Crippen LogP contribution in [0.4, 0.5) is 10.5 Å². The van der Waals surface area contributed by atoms with Gasteiger partial charge in [0, 0.05) is 18.7 Å². The Morgan fingerprint density at radius 2 is 2.10 bits per heavy atom. The summed E-state index contributed by atoms with van der Waals surface area (Å²) >= 11 is 0. The number of urea groups is 1. The van der Waals surface area contributed by atoms with Gasteiger partial charge in [0.25, 0.3) is 15.7 Å². The predicted octanol–water partition coefficient (Wildman–Crippen LogP) is 0.685. The van der Waals surface area contributed by atoms with Gasteiger partial charge in [-0.2, -0.15) is 5.10 Å². The van der Waals surface area contributed by atoms with Gasteiger partial charge in [0.05, 0.1) is 11.5 Å². The number of hydrazone groups is 1. The lowest BCUT2D eigenvalue weighted by atomic mass is 10.3. The number of nitrogens with one attached hydrogen (secondary N) is 1. The van der Waals surface area contributed by atoms with Crippen molar-refractivity contribution in [3.05, 3.63) is 34.4 Å². The summed E-state index contributed by atoms with van der Waals surface area (Å²) in [5, 5.41) is 15.4. The van der Waals surface area contributed by atoms with E-state index in [1.54, 1.807) is 4.72 Å². The zero-order valence-electron chi connectivity index (χ0n) is 10.1. The van der Waals surface area contributed by atoms with Gasteiger partial charge >= 0.3 is 6.03 Å². The van der Waals surface area contributed by atoms with E-state index >= 15 is 0 Å². The third-order valence-corrected chi connectivity index (χ3v) is 3.87. The smallest absolute Gasteiger partial charge is 0.258 e. The summed E-state index contributed by atoms with van der Waals surface area (Å²) in [5.74, 6) is 0. The number of carbonyl (C=O) groups is 1. The van der Waals surface area contributed by atoms with Crippen LogP contribution < -0.4 is 4.72 Å². The first-order chi connectivity index (χ1) is 9.42. The molecule has 0 saturated carbocycles. The summed E-state index contributed by atoms with van der Waals surface area (Å²) in [7, 11) is -4.33. The van der Waals surface area contributed by atoms with E-state index in [0.717, 1.165) is 17.1 Å². The number of nitro benzene ring substituents is 1. The maximum absolute atomic E-state index is 12.0. The second kappa shape index (κ2) is 5.25. The number of para-hydroxylation sites is 1. The van der Waals surface area contributed by atoms with Crippen LogP contribution >= 0.6 is 0 Å². The number of amides is 2.